The summed E-state index contributed by atoms with van der Waals surface area (Å²) in [6.45, 7) is 8.79. The Bertz CT molecular complexity index is 252. The Balaban J connectivity index is 2.86. The molecule has 0 heterocycles. The van der Waals surface area contributed by atoms with Gasteiger partial charge in [-0.15, -0.1) is 0 Å². The van der Waals surface area contributed by atoms with E-state index in [2.05, 4.69) is 39.1 Å². The molecule has 1 fully saturated rings. The lowest BCUT2D eigenvalue weighted by Crippen LogP contribution is -2.59. The van der Waals surface area contributed by atoms with Crippen LogP contribution < -0.4 is 5.32 Å². The quantitative estimate of drug-likeness (QED) is 0.773. The number of hydrogen-bond acceptors (Lipinski definition) is 2. The van der Waals surface area contributed by atoms with Gasteiger partial charge in [-0.25, -0.2) is 0 Å². The first-order valence-electron chi connectivity index (χ1n) is 6.16. The molecule has 0 aromatic heterocycles. The second-order valence-corrected chi connectivity index (χ2v) is 5.56. The molecule has 0 bridgehead atoms. The van der Waals surface area contributed by atoms with E-state index in [1.807, 2.05) is 0 Å². The van der Waals surface area contributed by atoms with Gasteiger partial charge in [0, 0.05) is 6.04 Å². The molecular formula is C13H24N2. The lowest BCUT2D eigenvalue weighted by Gasteiger charge is -2.47. The van der Waals surface area contributed by atoms with Gasteiger partial charge in [0.1, 0.15) is 5.54 Å². The highest BCUT2D eigenvalue weighted by molar-refractivity contribution is 5.17. The van der Waals surface area contributed by atoms with E-state index in [4.69, 9.17) is 0 Å². The lowest BCUT2D eigenvalue weighted by atomic mass is 9.63. The van der Waals surface area contributed by atoms with Crippen LogP contribution in [0.1, 0.15) is 59.8 Å². The fourth-order valence-electron chi connectivity index (χ4n) is 2.54. The summed E-state index contributed by atoms with van der Waals surface area (Å²) in [6, 6.07) is 2.99. The molecule has 0 radical (unpaired) electrons. The molecule has 0 aromatic rings. The minimum Gasteiger partial charge on any atom is -0.296 e. The van der Waals surface area contributed by atoms with E-state index < -0.39 is 0 Å². The minimum atomic E-state index is -0.305. The lowest BCUT2D eigenvalue weighted by molar-refractivity contribution is 0.0990. The maximum Gasteiger partial charge on any atom is 0.112 e. The second-order valence-electron chi connectivity index (χ2n) is 5.56. The van der Waals surface area contributed by atoms with Crippen LogP contribution in [0, 0.1) is 16.7 Å². The fraction of sp³-hybridized carbons (Fsp3) is 0.923. The molecule has 0 spiro atoms. The molecule has 0 amide bonds. The third kappa shape index (κ3) is 2.34. The van der Waals surface area contributed by atoms with E-state index in [-0.39, 0.29) is 11.0 Å². The normalized spacial score (nSPS) is 31.9. The SMILES string of the molecule is CCC(C)NC1(C#N)CCCCC1(C)C. The van der Waals surface area contributed by atoms with E-state index in [0.717, 1.165) is 19.3 Å². The second kappa shape index (κ2) is 4.53. The van der Waals surface area contributed by atoms with Gasteiger partial charge in [0.2, 0.25) is 0 Å². The standard InChI is InChI=1S/C13H24N2/c1-5-11(2)15-13(10-14)9-7-6-8-12(13,3)4/h11,15H,5-9H2,1-4H3. The highest BCUT2D eigenvalue weighted by atomic mass is 15.0. The van der Waals surface area contributed by atoms with Crippen LogP contribution in [0.5, 0.6) is 0 Å². The van der Waals surface area contributed by atoms with E-state index >= 15 is 0 Å². The molecular weight excluding hydrogens is 184 g/mol. The smallest absolute Gasteiger partial charge is 0.112 e. The largest absolute Gasteiger partial charge is 0.296 e. The summed E-state index contributed by atoms with van der Waals surface area (Å²) in [6.07, 6.45) is 5.68. The highest BCUT2D eigenvalue weighted by Gasteiger charge is 2.47. The molecule has 86 valence electrons. The number of nitrogens with one attached hydrogen (secondary N) is 1. The Morgan fingerprint density at radius 3 is 2.40 bits per heavy atom. The van der Waals surface area contributed by atoms with Crippen LogP contribution in [-0.2, 0) is 0 Å². The van der Waals surface area contributed by atoms with Crippen LogP contribution in [0.15, 0.2) is 0 Å². The van der Waals surface area contributed by atoms with Gasteiger partial charge in [-0.1, -0.05) is 33.6 Å². The molecule has 2 nitrogen and oxygen atoms in total. The molecule has 2 heteroatoms. The summed E-state index contributed by atoms with van der Waals surface area (Å²) in [5.74, 6) is 0. The van der Waals surface area contributed by atoms with E-state index in [0.29, 0.717) is 6.04 Å². The van der Waals surface area contributed by atoms with Crippen molar-refractivity contribution in [2.75, 3.05) is 0 Å². The van der Waals surface area contributed by atoms with Crippen molar-refractivity contribution >= 4 is 0 Å². The predicted octanol–water partition coefficient (Wildman–Crippen LogP) is 3.24. The van der Waals surface area contributed by atoms with Crippen LogP contribution in [0.4, 0.5) is 0 Å². The topological polar surface area (TPSA) is 35.8 Å². The molecule has 0 aromatic carbocycles. The van der Waals surface area contributed by atoms with Crippen molar-refractivity contribution < 1.29 is 0 Å². The van der Waals surface area contributed by atoms with E-state index in [9.17, 15) is 5.26 Å². The van der Waals surface area contributed by atoms with Crippen LogP contribution >= 0.6 is 0 Å². The predicted molar refractivity (Wildman–Crippen MR) is 63.5 cm³/mol. The van der Waals surface area contributed by atoms with Gasteiger partial charge < -0.3 is 0 Å². The number of hydrogen-bond donors (Lipinski definition) is 1. The van der Waals surface area contributed by atoms with Crippen molar-refractivity contribution in [2.45, 2.75) is 71.4 Å². The van der Waals surface area contributed by atoms with Gasteiger partial charge >= 0.3 is 0 Å². The van der Waals surface area contributed by atoms with E-state index in [1.165, 1.54) is 12.8 Å². The van der Waals surface area contributed by atoms with Crippen LogP contribution in [0.2, 0.25) is 0 Å². The zero-order valence-electron chi connectivity index (χ0n) is 10.6. The van der Waals surface area contributed by atoms with Crippen LogP contribution in [0.3, 0.4) is 0 Å². The molecule has 1 aliphatic carbocycles. The summed E-state index contributed by atoms with van der Waals surface area (Å²) in [7, 11) is 0. The van der Waals surface area contributed by atoms with Crippen molar-refractivity contribution in [3.8, 4) is 6.07 Å². The first-order chi connectivity index (χ1) is 6.97. The van der Waals surface area contributed by atoms with Crippen LogP contribution in [-0.4, -0.2) is 11.6 Å². The minimum absolute atomic E-state index is 0.101. The van der Waals surface area contributed by atoms with Crippen molar-refractivity contribution in [1.29, 1.82) is 5.26 Å². The number of nitriles is 1. The van der Waals surface area contributed by atoms with Crippen LogP contribution in [0.25, 0.3) is 0 Å². The summed E-state index contributed by atoms with van der Waals surface area (Å²) < 4.78 is 0. The van der Waals surface area contributed by atoms with Gasteiger partial charge in [0.25, 0.3) is 0 Å². The Hall–Kier alpha value is -0.550. The Labute approximate surface area is 94.1 Å². The average Bonchev–Trinajstić information content (AvgIpc) is 2.21. The third-order valence-corrected chi connectivity index (χ3v) is 4.05. The van der Waals surface area contributed by atoms with Gasteiger partial charge in [-0.05, 0) is 31.6 Å². The monoisotopic (exact) mass is 208 g/mol. The Morgan fingerprint density at radius 2 is 1.93 bits per heavy atom. The van der Waals surface area contributed by atoms with E-state index in [1.54, 1.807) is 0 Å². The van der Waals surface area contributed by atoms with Crippen molar-refractivity contribution in [1.82, 2.24) is 5.32 Å². The molecule has 1 aliphatic rings. The zero-order chi connectivity index (χ0) is 11.5. The molecule has 1 saturated carbocycles. The maximum absolute atomic E-state index is 9.51. The molecule has 0 saturated heterocycles. The molecule has 2 atom stereocenters. The Kier molecular flexibility index (Phi) is 3.78. The summed E-state index contributed by atoms with van der Waals surface area (Å²) in [5, 5.41) is 13.1. The third-order valence-electron chi connectivity index (χ3n) is 4.05. The molecule has 1 N–H and O–H groups in total. The van der Waals surface area contributed by atoms with Gasteiger partial charge in [0.05, 0.1) is 6.07 Å². The summed E-state index contributed by atoms with van der Waals surface area (Å²) in [4.78, 5) is 0. The highest BCUT2D eigenvalue weighted by Crippen LogP contribution is 2.43. The van der Waals surface area contributed by atoms with Crippen molar-refractivity contribution in [3.05, 3.63) is 0 Å². The number of rotatable bonds is 3. The average molecular weight is 208 g/mol. The molecule has 1 rings (SSSR count). The molecule has 2 unspecified atom stereocenters. The van der Waals surface area contributed by atoms with Gasteiger partial charge in [-0.2, -0.15) is 5.26 Å². The zero-order valence-corrected chi connectivity index (χ0v) is 10.6. The van der Waals surface area contributed by atoms with Gasteiger partial charge in [0.15, 0.2) is 0 Å². The fourth-order valence-corrected chi connectivity index (χ4v) is 2.54. The number of nitrogens with zero attached hydrogens (tertiary/aromatic N) is 1. The van der Waals surface area contributed by atoms with Crippen molar-refractivity contribution in [3.63, 3.8) is 0 Å². The first-order valence-corrected chi connectivity index (χ1v) is 6.16. The molecule has 15 heavy (non-hydrogen) atoms. The molecule has 0 aliphatic heterocycles. The van der Waals surface area contributed by atoms with Gasteiger partial charge in [-0.3, -0.25) is 5.32 Å². The summed E-state index contributed by atoms with van der Waals surface area (Å²) in [5.41, 5.74) is -0.204. The van der Waals surface area contributed by atoms with Crippen molar-refractivity contribution in [2.24, 2.45) is 5.41 Å². The first kappa shape index (κ1) is 12.5. The maximum atomic E-state index is 9.51. The Morgan fingerprint density at radius 1 is 1.33 bits per heavy atom. The summed E-state index contributed by atoms with van der Waals surface area (Å²) >= 11 is 0.